The molecule has 1 N–H and O–H groups in total. The maximum Gasteiger partial charge on any atom is 0.343 e. The van der Waals surface area contributed by atoms with Crippen LogP contribution in [0, 0.1) is 0 Å². The number of carbonyl (C=O) groups excluding carboxylic acids is 1. The van der Waals surface area contributed by atoms with Gasteiger partial charge in [-0.1, -0.05) is 0 Å². The van der Waals surface area contributed by atoms with Crippen molar-refractivity contribution in [3.63, 3.8) is 0 Å². The Kier molecular flexibility index (Phi) is 5.62. The molecule has 0 radical (unpaired) electrons. The Labute approximate surface area is 118 Å². The fourth-order valence-electron chi connectivity index (χ4n) is 1.28. The Morgan fingerprint density at radius 3 is 2.53 bits per heavy atom. The number of carboxylic acids is 1. The van der Waals surface area contributed by atoms with Gasteiger partial charge in [-0.2, -0.15) is 0 Å². The average molecular weight is 333 g/mol. The molecule has 1 aromatic rings. The maximum atomic E-state index is 11.0. The van der Waals surface area contributed by atoms with Crippen LogP contribution in [0.4, 0.5) is 0 Å². The van der Waals surface area contributed by atoms with Crippen LogP contribution in [-0.4, -0.2) is 37.4 Å². The topological polar surface area (TPSA) is 82.1 Å². The number of hydrogen-bond acceptors (Lipinski definition) is 5. The molecule has 0 bridgehead atoms. The van der Waals surface area contributed by atoms with Crippen LogP contribution in [0.5, 0.6) is 11.5 Å². The zero-order valence-corrected chi connectivity index (χ0v) is 12.0. The highest BCUT2D eigenvalue weighted by molar-refractivity contribution is 9.10. The fourth-order valence-corrected chi connectivity index (χ4v) is 1.84. The van der Waals surface area contributed by atoms with Crippen molar-refractivity contribution in [2.24, 2.45) is 0 Å². The molecule has 0 unspecified atom stereocenters. The van der Waals surface area contributed by atoms with Crippen LogP contribution in [0.2, 0.25) is 0 Å². The van der Waals surface area contributed by atoms with Gasteiger partial charge in [0, 0.05) is 0 Å². The highest BCUT2D eigenvalue weighted by Gasteiger charge is 2.16. The first-order chi connectivity index (χ1) is 8.99. The minimum atomic E-state index is -1.08. The van der Waals surface area contributed by atoms with Gasteiger partial charge >= 0.3 is 11.9 Å². The summed E-state index contributed by atoms with van der Waals surface area (Å²) >= 11 is 3.19. The van der Waals surface area contributed by atoms with Gasteiger partial charge in [0.05, 0.1) is 23.8 Å². The summed E-state index contributed by atoms with van der Waals surface area (Å²) < 4.78 is 15.4. The Morgan fingerprint density at radius 1 is 1.32 bits per heavy atom. The van der Waals surface area contributed by atoms with Crippen molar-refractivity contribution >= 4 is 27.9 Å². The number of esters is 1. The predicted molar refractivity (Wildman–Crippen MR) is 69.8 cm³/mol. The van der Waals surface area contributed by atoms with Gasteiger partial charge in [0.1, 0.15) is 0 Å². The van der Waals surface area contributed by atoms with Gasteiger partial charge in [-0.3, -0.25) is 0 Å². The third-order valence-electron chi connectivity index (χ3n) is 2.12. The van der Waals surface area contributed by atoms with Crippen molar-refractivity contribution in [1.82, 2.24) is 0 Å². The molecule has 0 spiro atoms. The molecule has 0 aliphatic heterocycles. The molecule has 0 fully saturated rings. The second-order valence-corrected chi connectivity index (χ2v) is 4.24. The second kappa shape index (κ2) is 6.98. The Balaban J connectivity index is 3.06. The first-order valence-corrected chi connectivity index (χ1v) is 6.18. The molecule has 0 saturated carbocycles. The molecule has 0 saturated heterocycles. The number of carbonyl (C=O) groups is 2. The lowest BCUT2D eigenvalue weighted by molar-refractivity contribution is -0.142. The first kappa shape index (κ1) is 15.3. The molecule has 0 aromatic heterocycles. The van der Waals surface area contributed by atoms with Crippen LogP contribution in [0.3, 0.4) is 0 Å². The van der Waals surface area contributed by atoms with Crippen molar-refractivity contribution in [2.75, 3.05) is 20.3 Å². The van der Waals surface area contributed by atoms with E-state index in [4.69, 9.17) is 14.6 Å². The van der Waals surface area contributed by atoms with Crippen molar-refractivity contribution in [2.45, 2.75) is 6.92 Å². The quantitative estimate of drug-likeness (QED) is 0.803. The lowest BCUT2D eigenvalue weighted by Crippen LogP contribution is -2.13. The van der Waals surface area contributed by atoms with Crippen LogP contribution in [0.25, 0.3) is 0 Å². The minimum Gasteiger partial charge on any atom is -0.490 e. The number of ether oxygens (including phenoxy) is 3. The normalized spacial score (nSPS) is 9.84. The molecule has 1 aromatic carbocycles. The molecule has 7 heteroatoms. The Hall–Kier alpha value is -1.76. The van der Waals surface area contributed by atoms with Crippen LogP contribution in [0.15, 0.2) is 16.6 Å². The van der Waals surface area contributed by atoms with Crippen LogP contribution < -0.4 is 9.47 Å². The summed E-state index contributed by atoms with van der Waals surface area (Å²) in [6.07, 6.45) is 0. The molecule has 6 nitrogen and oxygen atoms in total. The first-order valence-electron chi connectivity index (χ1n) is 5.38. The summed E-state index contributed by atoms with van der Waals surface area (Å²) in [5.41, 5.74) is 0.0562. The third kappa shape index (κ3) is 4.13. The fraction of sp³-hybridized carbons (Fsp3) is 0.333. The Bertz CT molecular complexity index is 485. The number of benzene rings is 1. The summed E-state index contributed by atoms with van der Waals surface area (Å²) in [4.78, 5) is 22.0. The third-order valence-corrected chi connectivity index (χ3v) is 2.71. The molecular weight excluding hydrogens is 320 g/mol. The largest absolute Gasteiger partial charge is 0.490 e. The molecule has 0 amide bonds. The monoisotopic (exact) mass is 332 g/mol. The Morgan fingerprint density at radius 2 is 2.00 bits per heavy atom. The van der Waals surface area contributed by atoms with Crippen molar-refractivity contribution in [3.05, 3.63) is 22.2 Å². The van der Waals surface area contributed by atoms with E-state index >= 15 is 0 Å². The number of rotatable bonds is 6. The summed E-state index contributed by atoms with van der Waals surface area (Å²) in [6.45, 7) is 1.80. The molecule has 104 valence electrons. The van der Waals surface area contributed by atoms with E-state index < -0.39 is 11.9 Å². The highest BCUT2D eigenvalue weighted by atomic mass is 79.9. The number of halogens is 1. The van der Waals surface area contributed by atoms with Crippen molar-refractivity contribution in [1.29, 1.82) is 0 Å². The predicted octanol–water partition coefficient (Wildman–Crippen LogP) is 2.10. The lowest BCUT2D eigenvalue weighted by Gasteiger charge is -2.13. The number of carboxylic acid groups (broad SMARTS) is 1. The lowest BCUT2D eigenvalue weighted by atomic mass is 10.2. The van der Waals surface area contributed by atoms with Crippen molar-refractivity contribution in [3.8, 4) is 11.5 Å². The summed E-state index contributed by atoms with van der Waals surface area (Å²) in [5, 5.41) is 8.96. The van der Waals surface area contributed by atoms with E-state index in [2.05, 4.69) is 20.7 Å². The van der Waals surface area contributed by atoms with E-state index in [0.717, 1.165) is 0 Å². The van der Waals surface area contributed by atoms with Gasteiger partial charge in [0.2, 0.25) is 0 Å². The zero-order valence-electron chi connectivity index (χ0n) is 10.4. The van der Waals surface area contributed by atoms with Crippen LogP contribution in [0.1, 0.15) is 17.3 Å². The van der Waals surface area contributed by atoms with E-state index in [-0.39, 0.29) is 23.7 Å². The number of methoxy groups -OCH3 is 1. The molecule has 0 aliphatic rings. The smallest absolute Gasteiger partial charge is 0.343 e. The van der Waals surface area contributed by atoms with E-state index in [1.165, 1.54) is 19.2 Å². The van der Waals surface area contributed by atoms with Crippen LogP contribution in [-0.2, 0) is 9.53 Å². The number of hydrogen-bond donors (Lipinski definition) is 1. The van der Waals surface area contributed by atoms with Crippen molar-refractivity contribution < 1.29 is 28.9 Å². The minimum absolute atomic E-state index is 0.0562. The summed E-state index contributed by atoms with van der Waals surface area (Å²) in [6, 6.07) is 2.71. The van der Waals surface area contributed by atoms with Crippen LogP contribution >= 0.6 is 15.9 Å². The highest BCUT2D eigenvalue weighted by Crippen LogP contribution is 2.36. The molecule has 0 heterocycles. The number of aromatic carboxylic acids is 1. The van der Waals surface area contributed by atoms with E-state index in [1.807, 2.05) is 0 Å². The van der Waals surface area contributed by atoms with Gasteiger partial charge in [0.25, 0.3) is 0 Å². The average Bonchev–Trinajstić information content (AvgIpc) is 2.37. The molecule has 0 atom stereocenters. The van der Waals surface area contributed by atoms with E-state index in [9.17, 15) is 9.59 Å². The molecule has 1 rings (SSSR count). The zero-order chi connectivity index (χ0) is 14.4. The molecular formula is C12H13BrO6. The van der Waals surface area contributed by atoms with E-state index in [0.29, 0.717) is 11.1 Å². The van der Waals surface area contributed by atoms with Gasteiger partial charge in [0.15, 0.2) is 18.1 Å². The molecule has 0 aliphatic carbocycles. The van der Waals surface area contributed by atoms with Gasteiger partial charge in [-0.05, 0) is 35.0 Å². The maximum absolute atomic E-state index is 11.0. The summed E-state index contributed by atoms with van der Waals surface area (Å²) in [5.74, 6) is -1.12. The van der Waals surface area contributed by atoms with Gasteiger partial charge in [-0.25, -0.2) is 9.59 Å². The van der Waals surface area contributed by atoms with E-state index in [1.54, 1.807) is 6.92 Å². The SMILES string of the molecule is CCOc1cc(C(=O)O)cc(Br)c1OCC(=O)OC. The second-order valence-electron chi connectivity index (χ2n) is 3.39. The molecule has 19 heavy (non-hydrogen) atoms. The van der Waals surface area contributed by atoms with Gasteiger partial charge in [-0.15, -0.1) is 0 Å². The van der Waals surface area contributed by atoms with Gasteiger partial charge < -0.3 is 19.3 Å². The summed E-state index contributed by atoms with van der Waals surface area (Å²) in [7, 11) is 1.25. The standard InChI is InChI=1S/C12H13BrO6/c1-3-18-9-5-7(12(15)16)4-8(13)11(9)19-6-10(14)17-2/h4-5H,3,6H2,1-2H3,(H,15,16).